The van der Waals surface area contributed by atoms with Crippen LogP contribution in [0.1, 0.15) is 47.3 Å². The molecule has 0 spiro atoms. The smallest absolute Gasteiger partial charge is 0.354 e. The Balaban J connectivity index is 1.34. The Hall–Kier alpha value is -2.94. The number of nitrogens with one attached hydrogen (secondary N) is 1. The first kappa shape index (κ1) is 25.2. The van der Waals surface area contributed by atoms with Gasteiger partial charge in [-0.25, -0.2) is 0 Å². The number of carbonyl (C=O) groups excluding carboxylic acids is 2. The fourth-order valence-corrected chi connectivity index (χ4v) is 5.10. The Bertz CT molecular complexity index is 984. The van der Waals surface area contributed by atoms with Crippen molar-refractivity contribution >= 4 is 11.8 Å². The van der Waals surface area contributed by atoms with E-state index < -0.39 is 11.7 Å². The highest BCUT2D eigenvalue weighted by Crippen LogP contribution is 2.32. The largest absolute Gasteiger partial charge is 0.416 e. The van der Waals surface area contributed by atoms with Crippen LogP contribution in [-0.4, -0.2) is 65.4 Å². The molecule has 1 saturated heterocycles. The Labute approximate surface area is 203 Å². The zero-order valence-electron chi connectivity index (χ0n) is 19.6. The number of benzene rings is 1. The van der Waals surface area contributed by atoms with E-state index in [1.54, 1.807) is 11.1 Å². The molecule has 188 valence electrons. The van der Waals surface area contributed by atoms with Gasteiger partial charge < -0.3 is 10.2 Å². The number of alkyl halides is 3. The van der Waals surface area contributed by atoms with Crippen molar-refractivity contribution in [2.24, 2.45) is 5.92 Å². The van der Waals surface area contributed by atoms with Crippen molar-refractivity contribution in [3.63, 3.8) is 0 Å². The van der Waals surface area contributed by atoms with Crippen LogP contribution in [0.5, 0.6) is 0 Å². The molecule has 4 rings (SSSR count). The van der Waals surface area contributed by atoms with Gasteiger partial charge in [-0.3, -0.25) is 19.5 Å². The van der Waals surface area contributed by atoms with E-state index in [2.05, 4.69) is 15.2 Å². The standard InChI is InChI=1S/C26H31F3N4O2/c27-26(28,29)21-10-8-20(9-11-21)25(35)33-17-15-32(16-18-33)23(19-5-1-2-6-19)24(34)31-14-12-22-7-3-4-13-30-22/h3-4,7-11,13,19,23H,1-2,5-6,12,14-18H2,(H,31,34). The van der Waals surface area contributed by atoms with Gasteiger partial charge in [-0.2, -0.15) is 13.2 Å². The number of hydrogen-bond donors (Lipinski definition) is 1. The molecule has 2 aromatic rings. The van der Waals surface area contributed by atoms with Gasteiger partial charge in [-0.05, 0) is 55.2 Å². The number of pyridine rings is 1. The summed E-state index contributed by atoms with van der Waals surface area (Å²) in [5.74, 6) is 0.0352. The first-order valence-electron chi connectivity index (χ1n) is 12.2. The topological polar surface area (TPSA) is 65.5 Å². The molecule has 6 nitrogen and oxygen atoms in total. The Morgan fingerprint density at radius 3 is 2.29 bits per heavy atom. The molecule has 2 amide bonds. The fraction of sp³-hybridized carbons (Fsp3) is 0.500. The molecule has 1 aliphatic heterocycles. The van der Waals surface area contributed by atoms with Crippen molar-refractivity contribution in [3.05, 3.63) is 65.5 Å². The van der Waals surface area contributed by atoms with E-state index in [4.69, 9.17) is 0 Å². The number of carbonyl (C=O) groups is 2. The summed E-state index contributed by atoms with van der Waals surface area (Å²) in [7, 11) is 0. The summed E-state index contributed by atoms with van der Waals surface area (Å²) < 4.78 is 38.4. The molecule has 1 N–H and O–H groups in total. The van der Waals surface area contributed by atoms with Crippen molar-refractivity contribution in [1.29, 1.82) is 0 Å². The summed E-state index contributed by atoms with van der Waals surface area (Å²) in [5, 5.41) is 3.09. The monoisotopic (exact) mass is 488 g/mol. The Kier molecular flexibility index (Phi) is 8.05. The Morgan fingerprint density at radius 2 is 1.69 bits per heavy atom. The third-order valence-corrected chi connectivity index (χ3v) is 6.98. The minimum atomic E-state index is -4.43. The minimum Gasteiger partial charge on any atom is -0.354 e. The summed E-state index contributed by atoms with van der Waals surface area (Å²) in [6.45, 7) is 2.50. The summed E-state index contributed by atoms with van der Waals surface area (Å²) in [4.78, 5) is 34.2. The number of aromatic nitrogens is 1. The molecule has 1 atom stereocenters. The maximum atomic E-state index is 13.2. The van der Waals surface area contributed by atoms with Crippen LogP contribution in [-0.2, 0) is 17.4 Å². The molecule has 1 aromatic heterocycles. The first-order valence-corrected chi connectivity index (χ1v) is 12.2. The molecule has 1 aromatic carbocycles. The molecule has 0 radical (unpaired) electrons. The van der Waals surface area contributed by atoms with Crippen LogP contribution in [0.15, 0.2) is 48.7 Å². The highest BCUT2D eigenvalue weighted by atomic mass is 19.4. The second-order valence-corrected chi connectivity index (χ2v) is 9.25. The summed E-state index contributed by atoms with van der Waals surface area (Å²) in [6, 6.07) is 9.83. The normalized spacial score (nSPS) is 18.4. The van der Waals surface area contributed by atoms with Gasteiger partial charge in [-0.1, -0.05) is 18.9 Å². The van der Waals surface area contributed by atoms with E-state index in [1.807, 2.05) is 18.2 Å². The van der Waals surface area contributed by atoms with Gasteiger partial charge in [0.2, 0.25) is 5.91 Å². The number of hydrogen-bond acceptors (Lipinski definition) is 4. The van der Waals surface area contributed by atoms with Gasteiger partial charge in [0.05, 0.1) is 11.6 Å². The predicted molar refractivity (Wildman–Crippen MR) is 126 cm³/mol. The SMILES string of the molecule is O=C(NCCc1ccccn1)C(C1CCCC1)N1CCN(C(=O)c2ccc(C(F)(F)F)cc2)CC1. The number of halogens is 3. The molecule has 1 unspecified atom stereocenters. The average Bonchev–Trinajstić information content (AvgIpc) is 3.39. The third-order valence-electron chi connectivity index (χ3n) is 6.98. The van der Waals surface area contributed by atoms with E-state index in [1.165, 1.54) is 12.1 Å². The molecule has 2 heterocycles. The van der Waals surface area contributed by atoms with Gasteiger partial charge in [0.1, 0.15) is 0 Å². The quantitative estimate of drug-likeness (QED) is 0.645. The molecule has 1 saturated carbocycles. The zero-order valence-corrected chi connectivity index (χ0v) is 19.6. The van der Waals surface area contributed by atoms with E-state index in [9.17, 15) is 22.8 Å². The first-order chi connectivity index (χ1) is 16.8. The van der Waals surface area contributed by atoms with Gasteiger partial charge in [-0.15, -0.1) is 0 Å². The predicted octanol–water partition coefficient (Wildman–Crippen LogP) is 3.78. The molecular weight excluding hydrogens is 457 g/mol. The van der Waals surface area contributed by atoms with Crippen molar-refractivity contribution < 1.29 is 22.8 Å². The molecule has 9 heteroatoms. The lowest BCUT2D eigenvalue weighted by molar-refractivity contribution is -0.137. The summed E-state index contributed by atoms with van der Waals surface area (Å²) >= 11 is 0. The van der Waals surface area contributed by atoms with Crippen LogP contribution in [0, 0.1) is 5.92 Å². The van der Waals surface area contributed by atoms with Crippen LogP contribution in [0.2, 0.25) is 0 Å². The van der Waals surface area contributed by atoms with Crippen molar-refractivity contribution in [2.75, 3.05) is 32.7 Å². The van der Waals surface area contributed by atoms with E-state index in [-0.39, 0.29) is 23.4 Å². The lowest BCUT2D eigenvalue weighted by Gasteiger charge is -2.40. The van der Waals surface area contributed by atoms with Gasteiger partial charge in [0.15, 0.2) is 0 Å². The third kappa shape index (κ3) is 6.39. The fourth-order valence-electron chi connectivity index (χ4n) is 5.10. The molecule has 0 bridgehead atoms. The highest BCUT2D eigenvalue weighted by Gasteiger charge is 2.37. The maximum Gasteiger partial charge on any atom is 0.416 e. The highest BCUT2D eigenvalue weighted by molar-refractivity contribution is 5.94. The molecular formula is C26H31F3N4O2. The van der Waals surface area contributed by atoms with Gasteiger partial charge in [0.25, 0.3) is 5.91 Å². The zero-order chi connectivity index (χ0) is 24.8. The lowest BCUT2D eigenvalue weighted by atomic mass is 9.95. The minimum absolute atomic E-state index is 0.0235. The number of piperazine rings is 1. The molecule has 2 fully saturated rings. The van der Waals surface area contributed by atoms with E-state index in [0.717, 1.165) is 43.5 Å². The number of nitrogens with zero attached hydrogens (tertiary/aromatic N) is 3. The van der Waals surface area contributed by atoms with Gasteiger partial charge in [0, 0.05) is 56.6 Å². The van der Waals surface area contributed by atoms with Crippen molar-refractivity contribution in [3.8, 4) is 0 Å². The van der Waals surface area contributed by atoms with E-state index >= 15 is 0 Å². The molecule has 35 heavy (non-hydrogen) atoms. The van der Waals surface area contributed by atoms with Crippen LogP contribution in [0.3, 0.4) is 0 Å². The van der Waals surface area contributed by atoms with Crippen molar-refractivity contribution in [2.45, 2.75) is 44.3 Å². The van der Waals surface area contributed by atoms with Crippen molar-refractivity contribution in [1.82, 2.24) is 20.1 Å². The Morgan fingerprint density at radius 1 is 1.00 bits per heavy atom. The number of amides is 2. The number of rotatable bonds is 7. The maximum absolute atomic E-state index is 13.2. The van der Waals surface area contributed by atoms with Crippen LogP contribution in [0.25, 0.3) is 0 Å². The van der Waals surface area contributed by atoms with Crippen LogP contribution < -0.4 is 5.32 Å². The van der Waals surface area contributed by atoms with E-state index in [0.29, 0.717) is 45.1 Å². The second-order valence-electron chi connectivity index (χ2n) is 9.25. The molecule has 1 aliphatic carbocycles. The van der Waals surface area contributed by atoms with Crippen LogP contribution in [0.4, 0.5) is 13.2 Å². The van der Waals surface area contributed by atoms with Crippen LogP contribution >= 0.6 is 0 Å². The average molecular weight is 489 g/mol. The second kappa shape index (κ2) is 11.2. The summed E-state index contributed by atoms with van der Waals surface area (Å²) in [6.07, 6.45) is 2.25. The lowest BCUT2D eigenvalue weighted by Crippen LogP contribution is -2.58. The van der Waals surface area contributed by atoms with Gasteiger partial charge >= 0.3 is 6.18 Å². The molecule has 2 aliphatic rings. The summed E-state index contributed by atoms with van der Waals surface area (Å²) in [5.41, 5.74) is 0.402.